The normalized spacial score (nSPS) is 21.0. The molecule has 3 nitrogen and oxygen atoms in total. The van der Waals surface area contributed by atoms with Crippen LogP contribution in [0.3, 0.4) is 0 Å². The maximum absolute atomic E-state index is 13.3. The van der Waals surface area contributed by atoms with Crippen LogP contribution >= 0.6 is 15.9 Å². The highest BCUT2D eigenvalue weighted by Crippen LogP contribution is 2.39. The predicted octanol–water partition coefficient (Wildman–Crippen LogP) is 4.37. The first-order valence-electron chi connectivity index (χ1n) is 7.38. The molecule has 1 aliphatic heterocycles. The van der Waals surface area contributed by atoms with Gasteiger partial charge in [0.1, 0.15) is 24.3 Å². The van der Waals surface area contributed by atoms with Gasteiger partial charge in [0, 0.05) is 11.6 Å². The van der Waals surface area contributed by atoms with Gasteiger partial charge in [0.25, 0.3) is 0 Å². The summed E-state index contributed by atoms with van der Waals surface area (Å²) in [5.74, 6) is -0.643. The number of fused-ring (bicyclic) bond motifs is 1. The lowest BCUT2D eigenvalue weighted by Gasteiger charge is -2.30. The van der Waals surface area contributed by atoms with Crippen molar-refractivity contribution in [2.45, 2.75) is 23.8 Å². The van der Waals surface area contributed by atoms with Gasteiger partial charge in [0.05, 0.1) is 10.7 Å². The molecule has 2 aromatic rings. The van der Waals surface area contributed by atoms with Crippen LogP contribution in [0.4, 0.5) is 4.39 Å². The highest BCUT2D eigenvalue weighted by Gasteiger charge is 2.34. The number of carbonyl (C=O) groups excluding carboxylic acids is 1. The molecule has 0 saturated carbocycles. The van der Waals surface area contributed by atoms with E-state index in [1.807, 2.05) is 37.3 Å². The maximum Gasteiger partial charge on any atom is 0.313 e. The number of alkyl halides is 1. The molecular formula is C18H16BrFO3. The summed E-state index contributed by atoms with van der Waals surface area (Å²) >= 11 is 3.48. The molecule has 120 valence electrons. The fourth-order valence-corrected chi connectivity index (χ4v) is 3.09. The fourth-order valence-electron chi connectivity index (χ4n) is 2.56. The Morgan fingerprint density at radius 1 is 1.30 bits per heavy atom. The molecule has 1 aliphatic rings. The van der Waals surface area contributed by atoms with E-state index in [1.54, 1.807) is 6.07 Å². The van der Waals surface area contributed by atoms with E-state index in [-0.39, 0.29) is 22.5 Å². The van der Waals surface area contributed by atoms with Crippen LogP contribution in [0.2, 0.25) is 0 Å². The van der Waals surface area contributed by atoms with Crippen LogP contribution in [0.15, 0.2) is 48.5 Å². The zero-order valence-electron chi connectivity index (χ0n) is 12.5. The van der Waals surface area contributed by atoms with Gasteiger partial charge < -0.3 is 9.47 Å². The van der Waals surface area contributed by atoms with Crippen LogP contribution < -0.4 is 4.74 Å². The molecule has 1 heterocycles. The van der Waals surface area contributed by atoms with Gasteiger partial charge in [0.2, 0.25) is 0 Å². The zero-order valence-corrected chi connectivity index (χ0v) is 14.1. The van der Waals surface area contributed by atoms with E-state index in [9.17, 15) is 9.18 Å². The number of hydrogen-bond donors (Lipinski definition) is 0. The van der Waals surface area contributed by atoms with Crippen molar-refractivity contribution in [2.75, 3.05) is 6.61 Å². The monoisotopic (exact) mass is 378 g/mol. The fraction of sp³-hybridized carbons (Fsp3) is 0.278. The summed E-state index contributed by atoms with van der Waals surface area (Å²) in [7, 11) is 0. The van der Waals surface area contributed by atoms with E-state index in [1.165, 1.54) is 12.1 Å². The summed E-state index contributed by atoms with van der Waals surface area (Å²) in [6, 6.07) is 13.7. The lowest BCUT2D eigenvalue weighted by Crippen LogP contribution is -2.30. The van der Waals surface area contributed by atoms with Crippen LogP contribution in [-0.4, -0.2) is 17.4 Å². The molecule has 0 spiro atoms. The molecule has 23 heavy (non-hydrogen) atoms. The number of ether oxygens (including phenoxy) is 2. The van der Waals surface area contributed by atoms with Crippen LogP contribution in [0.1, 0.15) is 30.1 Å². The largest absolute Gasteiger partial charge is 0.492 e. The van der Waals surface area contributed by atoms with Crippen LogP contribution in [0.5, 0.6) is 5.75 Å². The average molecular weight is 379 g/mol. The van der Waals surface area contributed by atoms with E-state index >= 15 is 0 Å². The third-order valence-electron chi connectivity index (χ3n) is 3.90. The Kier molecular flexibility index (Phi) is 4.66. The van der Waals surface area contributed by atoms with Gasteiger partial charge in [-0.05, 0) is 24.6 Å². The van der Waals surface area contributed by atoms with Crippen molar-refractivity contribution in [3.05, 3.63) is 65.5 Å². The molecule has 3 rings (SSSR count). The van der Waals surface area contributed by atoms with Crippen LogP contribution in [0.25, 0.3) is 0 Å². The zero-order chi connectivity index (χ0) is 16.4. The second-order valence-corrected chi connectivity index (χ2v) is 6.68. The molecule has 2 aromatic carbocycles. The second kappa shape index (κ2) is 6.71. The lowest BCUT2D eigenvalue weighted by atomic mass is 10.00. The third-order valence-corrected chi connectivity index (χ3v) is 4.65. The molecule has 0 aliphatic carbocycles. The minimum absolute atomic E-state index is 0.174. The number of esters is 1. The Morgan fingerprint density at radius 2 is 2.04 bits per heavy atom. The first-order valence-corrected chi connectivity index (χ1v) is 8.29. The molecule has 0 radical (unpaired) electrons. The van der Waals surface area contributed by atoms with Gasteiger partial charge >= 0.3 is 5.97 Å². The van der Waals surface area contributed by atoms with Crippen molar-refractivity contribution in [1.82, 2.24) is 0 Å². The second-order valence-electron chi connectivity index (χ2n) is 5.50. The first kappa shape index (κ1) is 16.0. The Hall–Kier alpha value is -1.88. The molecule has 0 fully saturated rings. The summed E-state index contributed by atoms with van der Waals surface area (Å²) in [6.07, 6.45) is -0.502. The number of carbonyl (C=O) groups is 1. The Labute approximate surface area is 142 Å². The van der Waals surface area contributed by atoms with Gasteiger partial charge in [-0.1, -0.05) is 46.3 Å². The highest BCUT2D eigenvalue weighted by atomic mass is 79.9. The van der Waals surface area contributed by atoms with Crippen molar-refractivity contribution >= 4 is 21.9 Å². The van der Waals surface area contributed by atoms with E-state index in [2.05, 4.69) is 15.9 Å². The molecule has 0 unspecified atom stereocenters. The minimum atomic E-state index is -0.502. The van der Waals surface area contributed by atoms with Gasteiger partial charge in [-0.15, -0.1) is 0 Å². The van der Waals surface area contributed by atoms with Crippen molar-refractivity contribution in [3.63, 3.8) is 0 Å². The molecule has 0 bridgehead atoms. The smallest absolute Gasteiger partial charge is 0.313 e. The van der Waals surface area contributed by atoms with Gasteiger partial charge in [0.15, 0.2) is 0 Å². The number of rotatable bonds is 3. The van der Waals surface area contributed by atoms with E-state index in [0.717, 1.165) is 5.56 Å². The van der Waals surface area contributed by atoms with Gasteiger partial charge in [-0.2, -0.15) is 0 Å². The maximum atomic E-state index is 13.3. The quantitative estimate of drug-likeness (QED) is 0.587. The highest BCUT2D eigenvalue weighted by molar-refractivity contribution is 9.09. The van der Waals surface area contributed by atoms with Crippen LogP contribution in [-0.2, 0) is 9.53 Å². The van der Waals surface area contributed by atoms with Crippen molar-refractivity contribution in [2.24, 2.45) is 0 Å². The molecule has 0 N–H and O–H groups in total. The average Bonchev–Trinajstić information content (AvgIpc) is 2.57. The van der Waals surface area contributed by atoms with E-state index in [4.69, 9.17) is 9.47 Å². The summed E-state index contributed by atoms with van der Waals surface area (Å²) < 4.78 is 24.5. The molecule has 5 heteroatoms. The molecular weight excluding hydrogens is 363 g/mol. The third kappa shape index (κ3) is 3.39. The Balaban J connectivity index is 1.81. The van der Waals surface area contributed by atoms with Crippen molar-refractivity contribution in [3.8, 4) is 5.75 Å². The minimum Gasteiger partial charge on any atom is -0.492 e. The molecule has 0 amide bonds. The predicted molar refractivity (Wildman–Crippen MR) is 88.3 cm³/mol. The van der Waals surface area contributed by atoms with E-state index < -0.39 is 6.10 Å². The topological polar surface area (TPSA) is 35.5 Å². The molecule has 0 saturated heterocycles. The summed E-state index contributed by atoms with van der Waals surface area (Å²) in [5.41, 5.74) is 1.57. The number of halogens is 2. The standard InChI is InChI=1S/C18H16BrFO3/c1-11(12-5-3-2-4-6-12)18(21)23-17-14-8-7-13(20)9-16(14)22-10-15(17)19/h2-9,11,15,17H,10H2,1H3/t11-,15-,17-/m1/s1. The van der Waals surface area contributed by atoms with Crippen molar-refractivity contribution in [1.29, 1.82) is 0 Å². The van der Waals surface area contributed by atoms with Gasteiger partial charge in [-0.25, -0.2) is 4.39 Å². The summed E-state index contributed by atoms with van der Waals surface area (Å²) in [4.78, 5) is 12.3. The van der Waals surface area contributed by atoms with Crippen LogP contribution in [0, 0.1) is 5.82 Å². The Bertz CT molecular complexity index is 705. The SMILES string of the molecule is C[C@@H](C(=O)O[C@@H]1c2ccc(F)cc2OC[C@H]1Br)c1ccccc1. The number of benzene rings is 2. The Morgan fingerprint density at radius 3 is 2.78 bits per heavy atom. The summed E-state index contributed by atoms with van der Waals surface area (Å²) in [5, 5.41) is 0. The van der Waals surface area contributed by atoms with E-state index in [0.29, 0.717) is 17.9 Å². The number of hydrogen-bond acceptors (Lipinski definition) is 3. The molecule has 3 atom stereocenters. The lowest BCUT2D eigenvalue weighted by molar-refractivity contribution is -0.151. The van der Waals surface area contributed by atoms with Gasteiger partial charge in [-0.3, -0.25) is 4.79 Å². The summed E-state index contributed by atoms with van der Waals surface area (Å²) in [6.45, 7) is 2.12. The van der Waals surface area contributed by atoms with Crippen molar-refractivity contribution < 1.29 is 18.7 Å². The first-order chi connectivity index (χ1) is 11.1. The molecule has 0 aromatic heterocycles.